The van der Waals surface area contributed by atoms with E-state index in [0.717, 1.165) is 29.3 Å². The zero-order valence-electron chi connectivity index (χ0n) is 10.4. The summed E-state index contributed by atoms with van der Waals surface area (Å²) in [6.45, 7) is 0. The Labute approximate surface area is 116 Å². The Morgan fingerprint density at radius 3 is 2.89 bits per heavy atom. The van der Waals surface area contributed by atoms with Crippen molar-refractivity contribution in [3.8, 4) is 11.3 Å². The number of nitrogens with zero attached hydrogens (tertiary/aromatic N) is 1. The number of H-pyrrole nitrogens is 1. The lowest BCUT2D eigenvalue weighted by Crippen LogP contribution is -2.27. The molecule has 98 valence electrons. The number of carbonyl (C=O) groups excluding carboxylic acids is 1. The van der Waals surface area contributed by atoms with Crippen LogP contribution in [-0.2, 0) is 4.79 Å². The number of aromatic nitrogens is 2. The molecule has 1 amide bonds. The standard InChI is InChI=1S/C14H15N3OS/c18-13(16-11-6-7-11)9-19-14-15-8-12(17-14)10-4-2-1-3-5-10/h1-5,8,11H,6-7,9H2,(H,15,17)(H,16,18). The SMILES string of the molecule is O=C(CSc1ncc(-c2ccccc2)[nH]1)NC1CC1. The molecule has 1 heterocycles. The van der Waals surface area contributed by atoms with Crippen molar-refractivity contribution in [1.82, 2.24) is 15.3 Å². The first kappa shape index (κ1) is 12.3. The van der Waals surface area contributed by atoms with E-state index >= 15 is 0 Å². The fourth-order valence-corrected chi connectivity index (χ4v) is 2.43. The molecule has 5 heteroatoms. The Hall–Kier alpha value is -1.75. The smallest absolute Gasteiger partial charge is 0.230 e. The number of aromatic amines is 1. The van der Waals surface area contributed by atoms with Gasteiger partial charge < -0.3 is 10.3 Å². The first-order valence-corrected chi connectivity index (χ1v) is 7.32. The summed E-state index contributed by atoms with van der Waals surface area (Å²) in [5, 5.41) is 3.74. The molecule has 2 N–H and O–H groups in total. The molecular weight excluding hydrogens is 258 g/mol. The van der Waals surface area contributed by atoms with E-state index in [1.165, 1.54) is 11.8 Å². The minimum atomic E-state index is 0.0881. The van der Waals surface area contributed by atoms with Gasteiger partial charge in [0.15, 0.2) is 5.16 Å². The summed E-state index contributed by atoms with van der Waals surface area (Å²) < 4.78 is 0. The molecule has 4 nitrogen and oxygen atoms in total. The van der Waals surface area contributed by atoms with E-state index in [4.69, 9.17) is 0 Å². The highest BCUT2D eigenvalue weighted by Crippen LogP contribution is 2.22. The molecule has 1 saturated carbocycles. The second-order valence-electron chi connectivity index (χ2n) is 4.60. The van der Waals surface area contributed by atoms with Gasteiger partial charge in [0.05, 0.1) is 17.6 Å². The Morgan fingerprint density at radius 2 is 2.16 bits per heavy atom. The number of thioether (sulfide) groups is 1. The van der Waals surface area contributed by atoms with Crippen molar-refractivity contribution in [3.63, 3.8) is 0 Å². The van der Waals surface area contributed by atoms with Gasteiger partial charge in [0.25, 0.3) is 0 Å². The van der Waals surface area contributed by atoms with Crippen LogP contribution in [0.5, 0.6) is 0 Å². The van der Waals surface area contributed by atoms with Gasteiger partial charge >= 0.3 is 0 Å². The van der Waals surface area contributed by atoms with E-state index in [1.807, 2.05) is 30.3 Å². The predicted octanol–water partition coefficient (Wildman–Crippen LogP) is 2.45. The number of amides is 1. The third-order valence-corrected chi connectivity index (χ3v) is 3.81. The Balaban J connectivity index is 1.57. The van der Waals surface area contributed by atoms with Crippen LogP contribution in [-0.4, -0.2) is 27.7 Å². The van der Waals surface area contributed by atoms with Gasteiger partial charge in [-0.15, -0.1) is 0 Å². The van der Waals surface area contributed by atoms with E-state index in [0.29, 0.717) is 11.8 Å². The molecule has 0 aliphatic heterocycles. The Morgan fingerprint density at radius 1 is 1.37 bits per heavy atom. The number of benzene rings is 1. The topological polar surface area (TPSA) is 57.8 Å². The van der Waals surface area contributed by atoms with Crippen molar-refractivity contribution in [1.29, 1.82) is 0 Å². The summed E-state index contributed by atoms with van der Waals surface area (Å²) in [6, 6.07) is 10.4. The fraction of sp³-hybridized carbons (Fsp3) is 0.286. The van der Waals surface area contributed by atoms with Crippen molar-refractivity contribution in [2.45, 2.75) is 24.0 Å². The van der Waals surface area contributed by atoms with E-state index in [2.05, 4.69) is 15.3 Å². The molecule has 1 aromatic carbocycles. The molecule has 0 radical (unpaired) electrons. The molecule has 19 heavy (non-hydrogen) atoms. The highest BCUT2D eigenvalue weighted by molar-refractivity contribution is 7.99. The van der Waals surface area contributed by atoms with Crippen LogP contribution in [0.2, 0.25) is 0 Å². The number of carbonyl (C=O) groups is 1. The van der Waals surface area contributed by atoms with E-state index in [-0.39, 0.29) is 5.91 Å². The second kappa shape index (κ2) is 5.48. The zero-order chi connectivity index (χ0) is 13.1. The molecule has 0 atom stereocenters. The van der Waals surface area contributed by atoms with Crippen molar-refractivity contribution in [3.05, 3.63) is 36.5 Å². The maximum atomic E-state index is 11.6. The van der Waals surface area contributed by atoms with Gasteiger partial charge in [-0.2, -0.15) is 0 Å². The van der Waals surface area contributed by atoms with Crippen LogP contribution in [0.25, 0.3) is 11.3 Å². The molecule has 1 fully saturated rings. The third kappa shape index (κ3) is 3.38. The predicted molar refractivity (Wildman–Crippen MR) is 75.9 cm³/mol. The van der Waals surface area contributed by atoms with Crippen molar-refractivity contribution < 1.29 is 4.79 Å². The number of imidazole rings is 1. The molecule has 1 aliphatic carbocycles. The van der Waals surface area contributed by atoms with Gasteiger partial charge in [-0.3, -0.25) is 4.79 Å². The molecule has 0 bridgehead atoms. The maximum absolute atomic E-state index is 11.6. The second-order valence-corrected chi connectivity index (χ2v) is 5.56. The minimum absolute atomic E-state index is 0.0881. The quantitative estimate of drug-likeness (QED) is 0.823. The molecule has 2 aromatic rings. The minimum Gasteiger partial charge on any atom is -0.353 e. The monoisotopic (exact) mass is 273 g/mol. The lowest BCUT2D eigenvalue weighted by molar-refractivity contribution is -0.118. The molecule has 0 saturated heterocycles. The lowest BCUT2D eigenvalue weighted by Gasteiger charge is -2.01. The van der Waals surface area contributed by atoms with E-state index < -0.39 is 0 Å². The molecule has 0 spiro atoms. The molecule has 3 rings (SSSR count). The van der Waals surface area contributed by atoms with Crippen LogP contribution in [0.1, 0.15) is 12.8 Å². The third-order valence-electron chi connectivity index (χ3n) is 2.92. The molecule has 0 unspecified atom stereocenters. The van der Waals surface area contributed by atoms with Gasteiger partial charge in [0.1, 0.15) is 0 Å². The first-order valence-electron chi connectivity index (χ1n) is 6.34. The lowest BCUT2D eigenvalue weighted by atomic mass is 10.2. The van der Waals surface area contributed by atoms with E-state index in [9.17, 15) is 4.79 Å². The van der Waals surface area contributed by atoms with Crippen LogP contribution in [0.3, 0.4) is 0 Å². The normalized spacial score (nSPS) is 14.3. The number of hydrogen-bond donors (Lipinski definition) is 2. The summed E-state index contributed by atoms with van der Waals surface area (Å²) in [5.74, 6) is 0.503. The van der Waals surface area contributed by atoms with Crippen LogP contribution < -0.4 is 5.32 Å². The average Bonchev–Trinajstić information content (AvgIpc) is 3.12. The largest absolute Gasteiger partial charge is 0.353 e. The van der Waals surface area contributed by atoms with Crippen molar-refractivity contribution >= 4 is 17.7 Å². The van der Waals surface area contributed by atoms with Gasteiger partial charge in [0, 0.05) is 6.04 Å². The van der Waals surface area contributed by atoms with Crippen LogP contribution >= 0.6 is 11.8 Å². The molecule has 1 aliphatic rings. The number of rotatable bonds is 5. The van der Waals surface area contributed by atoms with Gasteiger partial charge in [-0.25, -0.2) is 4.98 Å². The highest BCUT2D eigenvalue weighted by Gasteiger charge is 2.23. The summed E-state index contributed by atoms with van der Waals surface area (Å²) in [7, 11) is 0. The van der Waals surface area contributed by atoms with Gasteiger partial charge in [-0.05, 0) is 18.4 Å². The van der Waals surface area contributed by atoms with Crippen molar-refractivity contribution in [2.24, 2.45) is 0 Å². The average molecular weight is 273 g/mol. The molecule has 1 aromatic heterocycles. The highest BCUT2D eigenvalue weighted by atomic mass is 32.2. The Bertz CT molecular complexity index is 563. The van der Waals surface area contributed by atoms with Crippen LogP contribution in [0.15, 0.2) is 41.7 Å². The zero-order valence-corrected chi connectivity index (χ0v) is 11.2. The molecular formula is C14H15N3OS. The summed E-state index contributed by atoms with van der Waals surface area (Å²) in [5.41, 5.74) is 2.08. The van der Waals surface area contributed by atoms with Crippen molar-refractivity contribution in [2.75, 3.05) is 5.75 Å². The Kier molecular flexibility index (Phi) is 3.55. The summed E-state index contributed by atoms with van der Waals surface area (Å²) >= 11 is 1.44. The van der Waals surface area contributed by atoms with Gasteiger partial charge in [0.2, 0.25) is 5.91 Å². The summed E-state index contributed by atoms with van der Waals surface area (Å²) in [6.07, 6.45) is 4.04. The summed E-state index contributed by atoms with van der Waals surface area (Å²) in [4.78, 5) is 19.1. The number of hydrogen-bond acceptors (Lipinski definition) is 3. The van der Waals surface area contributed by atoms with Crippen LogP contribution in [0, 0.1) is 0 Å². The van der Waals surface area contributed by atoms with E-state index in [1.54, 1.807) is 6.20 Å². The number of nitrogens with one attached hydrogen (secondary N) is 2. The fourth-order valence-electron chi connectivity index (χ4n) is 1.77. The van der Waals surface area contributed by atoms with Gasteiger partial charge in [-0.1, -0.05) is 42.1 Å². The maximum Gasteiger partial charge on any atom is 0.230 e. The van der Waals surface area contributed by atoms with Crippen LogP contribution in [0.4, 0.5) is 0 Å². The first-order chi connectivity index (χ1) is 9.31.